The summed E-state index contributed by atoms with van der Waals surface area (Å²) < 4.78 is 32.7. The van der Waals surface area contributed by atoms with Crippen LogP contribution >= 0.6 is 27.3 Å². The lowest BCUT2D eigenvalue weighted by Crippen LogP contribution is -2.12. The zero-order valence-corrected chi connectivity index (χ0v) is 15.1. The zero-order chi connectivity index (χ0) is 16.3. The average molecular weight is 404 g/mol. The maximum absolute atomic E-state index is 12.4. The van der Waals surface area contributed by atoms with Crippen molar-refractivity contribution >= 4 is 48.3 Å². The second-order valence-electron chi connectivity index (χ2n) is 4.38. The van der Waals surface area contributed by atoms with Gasteiger partial charge in [0.25, 0.3) is 10.0 Å². The summed E-state index contributed by atoms with van der Waals surface area (Å²) >= 11 is 4.27. The van der Waals surface area contributed by atoms with Crippen LogP contribution in [0.4, 0.5) is 5.00 Å². The molecule has 118 valence electrons. The molecule has 0 amide bonds. The van der Waals surface area contributed by atoms with Gasteiger partial charge in [0.15, 0.2) is 0 Å². The lowest BCUT2D eigenvalue weighted by molar-refractivity contribution is 0.0531. The van der Waals surface area contributed by atoms with Crippen molar-refractivity contribution in [2.24, 2.45) is 0 Å². The SMILES string of the molecule is CCOC(=O)c1sc(NS(=O)(=O)c2ccccc2Br)cc1C. The molecule has 1 N–H and O–H groups in total. The van der Waals surface area contributed by atoms with E-state index in [-0.39, 0.29) is 11.5 Å². The van der Waals surface area contributed by atoms with Gasteiger partial charge in [-0.25, -0.2) is 13.2 Å². The molecule has 0 aliphatic carbocycles. The fourth-order valence-corrected chi connectivity index (χ4v) is 5.04. The number of hydrogen-bond donors (Lipinski definition) is 1. The van der Waals surface area contributed by atoms with Crippen LogP contribution in [0.3, 0.4) is 0 Å². The highest BCUT2D eigenvalue weighted by Gasteiger charge is 2.21. The molecule has 1 heterocycles. The molecule has 8 heteroatoms. The Morgan fingerprint density at radius 1 is 1.36 bits per heavy atom. The molecule has 0 aliphatic heterocycles. The van der Waals surface area contributed by atoms with Gasteiger partial charge < -0.3 is 4.74 Å². The van der Waals surface area contributed by atoms with Crippen molar-refractivity contribution in [2.45, 2.75) is 18.7 Å². The van der Waals surface area contributed by atoms with Crippen LogP contribution in [0.25, 0.3) is 0 Å². The number of carbonyl (C=O) groups excluding carboxylic acids is 1. The second kappa shape index (κ2) is 6.80. The number of sulfonamides is 1. The predicted molar refractivity (Wildman–Crippen MR) is 90.0 cm³/mol. The van der Waals surface area contributed by atoms with Gasteiger partial charge in [0.2, 0.25) is 0 Å². The average Bonchev–Trinajstić information content (AvgIpc) is 2.79. The first-order chi connectivity index (χ1) is 10.3. The molecule has 5 nitrogen and oxygen atoms in total. The van der Waals surface area contributed by atoms with Gasteiger partial charge in [-0.3, -0.25) is 4.72 Å². The molecule has 0 radical (unpaired) electrons. The molecule has 0 saturated heterocycles. The number of benzene rings is 1. The Balaban J connectivity index is 2.30. The smallest absolute Gasteiger partial charge is 0.348 e. The van der Waals surface area contributed by atoms with E-state index in [9.17, 15) is 13.2 Å². The summed E-state index contributed by atoms with van der Waals surface area (Å²) in [5.74, 6) is -0.448. The van der Waals surface area contributed by atoms with Crippen molar-refractivity contribution in [3.63, 3.8) is 0 Å². The van der Waals surface area contributed by atoms with E-state index in [4.69, 9.17) is 4.74 Å². The van der Waals surface area contributed by atoms with Gasteiger partial charge in [0.05, 0.1) is 6.61 Å². The molecule has 2 aromatic rings. The van der Waals surface area contributed by atoms with Gasteiger partial charge in [0, 0.05) is 4.47 Å². The van der Waals surface area contributed by atoms with E-state index in [1.807, 2.05) is 0 Å². The molecule has 0 bridgehead atoms. The van der Waals surface area contributed by atoms with Crippen molar-refractivity contribution in [2.75, 3.05) is 11.3 Å². The van der Waals surface area contributed by atoms with Crippen LogP contribution in [0.5, 0.6) is 0 Å². The van der Waals surface area contributed by atoms with Crippen LogP contribution in [0, 0.1) is 6.92 Å². The van der Waals surface area contributed by atoms with E-state index >= 15 is 0 Å². The number of hydrogen-bond acceptors (Lipinski definition) is 5. The second-order valence-corrected chi connectivity index (χ2v) is 7.94. The summed E-state index contributed by atoms with van der Waals surface area (Å²) in [5.41, 5.74) is 0.674. The predicted octanol–water partition coefficient (Wildman–Crippen LogP) is 3.80. The topological polar surface area (TPSA) is 72.5 Å². The monoisotopic (exact) mass is 403 g/mol. The maximum atomic E-state index is 12.4. The number of aryl methyl sites for hydroxylation is 1. The molecule has 22 heavy (non-hydrogen) atoms. The summed E-state index contributed by atoms with van der Waals surface area (Å²) in [6.45, 7) is 3.73. The van der Waals surface area contributed by atoms with Crippen molar-refractivity contribution < 1.29 is 17.9 Å². The molecular weight excluding hydrogens is 390 g/mol. The minimum atomic E-state index is -3.72. The van der Waals surface area contributed by atoms with Gasteiger partial charge in [-0.05, 0) is 53.5 Å². The van der Waals surface area contributed by atoms with Gasteiger partial charge in [-0.1, -0.05) is 12.1 Å². The van der Waals surface area contributed by atoms with Crippen molar-refractivity contribution in [1.29, 1.82) is 0 Å². The molecule has 2 rings (SSSR count). The highest BCUT2D eigenvalue weighted by atomic mass is 79.9. The van der Waals surface area contributed by atoms with Gasteiger partial charge >= 0.3 is 5.97 Å². The Bertz CT molecular complexity index is 799. The summed E-state index contributed by atoms with van der Waals surface area (Å²) in [4.78, 5) is 12.3. The third-order valence-electron chi connectivity index (χ3n) is 2.74. The zero-order valence-electron chi connectivity index (χ0n) is 11.9. The Kier molecular flexibility index (Phi) is 5.25. The number of halogens is 1. The van der Waals surface area contributed by atoms with Gasteiger partial charge in [-0.2, -0.15) is 0 Å². The lowest BCUT2D eigenvalue weighted by Gasteiger charge is -2.07. The van der Waals surface area contributed by atoms with E-state index < -0.39 is 16.0 Å². The Morgan fingerprint density at radius 3 is 2.68 bits per heavy atom. The molecule has 0 aliphatic rings. The molecule has 0 atom stereocenters. The molecule has 0 spiro atoms. The number of carbonyl (C=O) groups is 1. The summed E-state index contributed by atoms with van der Waals surface area (Å²) in [5, 5.41) is 0.372. The van der Waals surface area contributed by atoms with Crippen LogP contribution in [0.1, 0.15) is 22.2 Å². The molecular formula is C14H14BrNO4S2. The molecule has 0 fully saturated rings. The first-order valence-electron chi connectivity index (χ1n) is 6.40. The Labute approximate surface area is 141 Å². The molecule has 1 aromatic heterocycles. The lowest BCUT2D eigenvalue weighted by atomic mass is 10.3. The summed E-state index contributed by atoms with van der Waals surface area (Å²) in [7, 11) is -3.72. The molecule has 0 unspecified atom stereocenters. The van der Waals surface area contributed by atoms with Crippen LogP contribution in [0.2, 0.25) is 0 Å². The van der Waals surface area contributed by atoms with Crippen LogP contribution in [-0.4, -0.2) is 21.0 Å². The fraction of sp³-hybridized carbons (Fsp3) is 0.214. The quantitative estimate of drug-likeness (QED) is 0.770. The minimum Gasteiger partial charge on any atom is -0.462 e. The van der Waals surface area contributed by atoms with Gasteiger partial charge in [-0.15, -0.1) is 11.3 Å². The number of thiophene rings is 1. The third-order valence-corrected chi connectivity index (χ3v) is 6.38. The highest BCUT2D eigenvalue weighted by Crippen LogP contribution is 2.30. The van der Waals surface area contributed by atoms with E-state index in [2.05, 4.69) is 20.7 Å². The van der Waals surface area contributed by atoms with Crippen LogP contribution in [0.15, 0.2) is 39.7 Å². The van der Waals surface area contributed by atoms with Crippen LogP contribution < -0.4 is 4.72 Å². The largest absolute Gasteiger partial charge is 0.462 e. The Morgan fingerprint density at radius 2 is 2.05 bits per heavy atom. The van der Waals surface area contributed by atoms with E-state index in [0.29, 0.717) is 19.9 Å². The number of ether oxygens (including phenoxy) is 1. The Hall–Kier alpha value is -1.38. The summed E-state index contributed by atoms with van der Waals surface area (Å²) in [6, 6.07) is 8.14. The van der Waals surface area contributed by atoms with Gasteiger partial charge in [0.1, 0.15) is 14.8 Å². The van der Waals surface area contributed by atoms with Crippen molar-refractivity contribution in [3.8, 4) is 0 Å². The fourth-order valence-electron chi connectivity index (χ4n) is 1.78. The number of nitrogens with one attached hydrogen (secondary N) is 1. The first kappa shape index (κ1) is 17.0. The van der Waals surface area contributed by atoms with Crippen molar-refractivity contribution in [3.05, 3.63) is 45.2 Å². The maximum Gasteiger partial charge on any atom is 0.348 e. The van der Waals surface area contributed by atoms with Crippen LogP contribution in [-0.2, 0) is 14.8 Å². The highest BCUT2D eigenvalue weighted by molar-refractivity contribution is 9.10. The third kappa shape index (κ3) is 3.68. The standard InChI is InChI=1S/C14H14BrNO4S2/c1-3-20-14(17)13-9(2)8-12(21-13)16-22(18,19)11-7-5-4-6-10(11)15/h4-8,16H,3H2,1-2H3. The molecule has 1 aromatic carbocycles. The van der Waals surface area contributed by atoms with E-state index in [0.717, 1.165) is 11.3 Å². The summed E-state index contributed by atoms with van der Waals surface area (Å²) in [6.07, 6.45) is 0. The normalized spacial score (nSPS) is 11.2. The number of esters is 1. The first-order valence-corrected chi connectivity index (χ1v) is 9.49. The number of anilines is 1. The molecule has 0 saturated carbocycles. The van der Waals surface area contributed by atoms with Crippen molar-refractivity contribution in [1.82, 2.24) is 0 Å². The minimum absolute atomic E-state index is 0.138. The van der Waals surface area contributed by atoms with E-state index in [1.165, 1.54) is 6.07 Å². The van der Waals surface area contributed by atoms with E-state index in [1.54, 1.807) is 38.1 Å². The number of rotatable bonds is 5.